The Kier molecular flexibility index (Phi) is 7.64. The van der Waals surface area contributed by atoms with Crippen LogP contribution in [0.5, 0.6) is 0 Å². The summed E-state index contributed by atoms with van der Waals surface area (Å²) in [7, 11) is 1.80. The fraction of sp³-hybridized carbons (Fsp3) is 0.812. The minimum absolute atomic E-state index is 0.0847. The van der Waals surface area contributed by atoms with Crippen molar-refractivity contribution >= 4 is 18.1 Å². The molecule has 2 N–H and O–H groups in total. The zero-order valence-corrected chi connectivity index (χ0v) is 14.6. The summed E-state index contributed by atoms with van der Waals surface area (Å²) in [5.74, 6) is -0.521. The van der Waals surface area contributed by atoms with Crippen molar-refractivity contribution < 1.29 is 19.1 Å². The minimum Gasteiger partial charge on any atom is -0.370 e. The third-order valence-corrected chi connectivity index (χ3v) is 3.89. The average molecular weight is 327 g/mol. The van der Waals surface area contributed by atoms with Crippen LogP contribution in [0, 0.1) is 5.41 Å². The molecule has 1 aliphatic rings. The average Bonchev–Trinajstić information content (AvgIpc) is 2.96. The van der Waals surface area contributed by atoms with Crippen LogP contribution in [0.3, 0.4) is 0 Å². The molecule has 1 saturated heterocycles. The highest BCUT2D eigenvalue weighted by atomic mass is 16.5. The number of nitrogens with zero attached hydrogens (tertiary/aromatic N) is 1. The highest BCUT2D eigenvalue weighted by molar-refractivity contribution is 5.90. The lowest BCUT2D eigenvalue weighted by atomic mass is 9.85. The number of amides is 2. The van der Waals surface area contributed by atoms with Gasteiger partial charge in [-0.25, -0.2) is 0 Å². The van der Waals surface area contributed by atoms with Crippen LogP contribution in [0.4, 0.5) is 0 Å². The van der Waals surface area contributed by atoms with Crippen LogP contribution in [0.25, 0.3) is 0 Å². The fourth-order valence-electron chi connectivity index (χ4n) is 2.56. The molecule has 1 rings (SSSR count). The van der Waals surface area contributed by atoms with Crippen LogP contribution >= 0.6 is 0 Å². The van der Waals surface area contributed by atoms with Crippen LogP contribution in [-0.4, -0.2) is 68.4 Å². The van der Waals surface area contributed by atoms with Crippen molar-refractivity contribution in [2.24, 2.45) is 5.41 Å². The number of carbonyl (C=O) groups is 3. The van der Waals surface area contributed by atoms with Crippen LogP contribution in [-0.2, 0) is 19.1 Å². The molecule has 0 aliphatic carbocycles. The van der Waals surface area contributed by atoms with Gasteiger partial charge in [-0.3, -0.25) is 9.59 Å². The Labute approximate surface area is 138 Å². The molecule has 0 radical (unpaired) electrons. The molecule has 0 unspecified atom stereocenters. The Morgan fingerprint density at radius 3 is 2.65 bits per heavy atom. The van der Waals surface area contributed by atoms with Gasteiger partial charge in [-0.05, 0) is 25.3 Å². The van der Waals surface area contributed by atoms with Gasteiger partial charge in [-0.2, -0.15) is 0 Å². The van der Waals surface area contributed by atoms with E-state index in [1.807, 2.05) is 20.8 Å². The molecule has 0 aromatic carbocycles. The van der Waals surface area contributed by atoms with Crippen molar-refractivity contribution in [3.8, 4) is 0 Å². The van der Waals surface area contributed by atoms with Gasteiger partial charge in [0.05, 0.1) is 12.6 Å². The summed E-state index contributed by atoms with van der Waals surface area (Å²) in [6, 6.07) is -1.06. The van der Waals surface area contributed by atoms with E-state index in [1.165, 1.54) is 0 Å². The van der Waals surface area contributed by atoms with Crippen molar-refractivity contribution in [1.29, 1.82) is 0 Å². The Morgan fingerprint density at radius 1 is 1.39 bits per heavy atom. The topological polar surface area (TPSA) is 87.7 Å². The van der Waals surface area contributed by atoms with Gasteiger partial charge in [0.15, 0.2) is 0 Å². The smallest absolute Gasteiger partial charge is 0.246 e. The first-order valence-electron chi connectivity index (χ1n) is 8.08. The first-order valence-corrected chi connectivity index (χ1v) is 8.08. The lowest BCUT2D eigenvalue weighted by Crippen LogP contribution is -2.56. The van der Waals surface area contributed by atoms with E-state index in [2.05, 4.69) is 10.6 Å². The molecule has 0 aromatic rings. The second kappa shape index (κ2) is 8.98. The van der Waals surface area contributed by atoms with Crippen molar-refractivity contribution in [2.45, 2.75) is 45.7 Å². The SMILES string of the molecule is CNCCOCC(=O)N[C@H](C(=O)N1CCC[C@H]1C=O)C(C)(C)C. The van der Waals surface area contributed by atoms with Gasteiger partial charge in [0, 0.05) is 13.1 Å². The van der Waals surface area contributed by atoms with E-state index in [0.29, 0.717) is 26.1 Å². The summed E-state index contributed by atoms with van der Waals surface area (Å²) in [5, 5.41) is 5.69. The fourth-order valence-corrected chi connectivity index (χ4v) is 2.56. The molecule has 0 aromatic heterocycles. The molecular formula is C16H29N3O4. The Bertz CT molecular complexity index is 420. The summed E-state index contributed by atoms with van der Waals surface area (Å²) in [6.07, 6.45) is 2.31. The summed E-state index contributed by atoms with van der Waals surface area (Å²) in [4.78, 5) is 37.5. The summed E-state index contributed by atoms with van der Waals surface area (Å²) >= 11 is 0. The van der Waals surface area contributed by atoms with E-state index in [4.69, 9.17) is 4.74 Å². The minimum atomic E-state index is -0.677. The Hall–Kier alpha value is -1.47. The van der Waals surface area contributed by atoms with E-state index >= 15 is 0 Å². The van der Waals surface area contributed by atoms with Gasteiger partial charge in [0.2, 0.25) is 11.8 Å². The van der Waals surface area contributed by atoms with Crippen LogP contribution in [0.15, 0.2) is 0 Å². The molecule has 2 amide bonds. The number of nitrogens with one attached hydrogen (secondary N) is 2. The standard InChI is InChI=1S/C16H29N3O4/c1-16(2,3)14(18-13(21)11-23-9-7-17-4)15(22)19-8-5-6-12(19)10-20/h10,12,14,17H,5-9,11H2,1-4H3,(H,18,21)/t12-,14+/m0/s1. The van der Waals surface area contributed by atoms with Crippen molar-refractivity contribution in [1.82, 2.24) is 15.5 Å². The lowest BCUT2D eigenvalue weighted by molar-refractivity contribution is -0.142. The van der Waals surface area contributed by atoms with E-state index in [9.17, 15) is 14.4 Å². The number of hydrogen-bond acceptors (Lipinski definition) is 5. The van der Waals surface area contributed by atoms with E-state index < -0.39 is 11.5 Å². The molecule has 1 heterocycles. The number of rotatable bonds is 8. The van der Waals surface area contributed by atoms with Crippen LogP contribution in [0.2, 0.25) is 0 Å². The maximum atomic E-state index is 12.8. The lowest BCUT2D eigenvalue weighted by Gasteiger charge is -2.34. The molecule has 132 valence electrons. The number of hydrogen-bond donors (Lipinski definition) is 2. The molecule has 0 saturated carbocycles. The number of likely N-dealkylation sites (N-methyl/N-ethyl adjacent to an activating group) is 1. The van der Waals surface area contributed by atoms with Crippen molar-refractivity contribution in [2.75, 3.05) is 33.4 Å². The number of carbonyl (C=O) groups excluding carboxylic acids is 3. The molecule has 7 heteroatoms. The second-order valence-electron chi connectivity index (χ2n) is 6.90. The number of likely N-dealkylation sites (tertiary alicyclic amines) is 1. The molecular weight excluding hydrogens is 298 g/mol. The third-order valence-electron chi connectivity index (χ3n) is 3.89. The highest BCUT2D eigenvalue weighted by Crippen LogP contribution is 2.25. The molecule has 1 aliphatic heterocycles. The maximum Gasteiger partial charge on any atom is 0.246 e. The van der Waals surface area contributed by atoms with Crippen molar-refractivity contribution in [3.63, 3.8) is 0 Å². The van der Waals surface area contributed by atoms with E-state index in [-0.39, 0.29) is 24.5 Å². The van der Waals surface area contributed by atoms with Crippen LogP contribution in [0.1, 0.15) is 33.6 Å². The third kappa shape index (κ3) is 5.91. The van der Waals surface area contributed by atoms with Crippen molar-refractivity contribution in [3.05, 3.63) is 0 Å². The quantitative estimate of drug-likeness (QED) is 0.482. The molecule has 1 fully saturated rings. The molecule has 0 spiro atoms. The predicted molar refractivity (Wildman–Crippen MR) is 86.9 cm³/mol. The summed E-state index contributed by atoms with van der Waals surface area (Å²) in [6.45, 7) is 7.24. The number of ether oxygens (including phenoxy) is 1. The molecule has 0 bridgehead atoms. The predicted octanol–water partition coefficient (Wildman–Crippen LogP) is -0.0568. The van der Waals surface area contributed by atoms with Gasteiger partial charge in [-0.1, -0.05) is 20.8 Å². The number of aldehydes is 1. The van der Waals surface area contributed by atoms with Gasteiger partial charge in [0.25, 0.3) is 0 Å². The second-order valence-corrected chi connectivity index (χ2v) is 6.90. The Morgan fingerprint density at radius 2 is 2.09 bits per heavy atom. The van der Waals surface area contributed by atoms with E-state index in [1.54, 1.807) is 11.9 Å². The van der Waals surface area contributed by atoms with E-state index in [0.717, 1.165) is 12.7 Å². The first kappa shape index (κ1) is 19.6. The zero-order chi connectivity index (χ0) is 17.5. The monoisotopic (exact) mass is 327 g/mol. The van der Waals surface area contributed by atoms with Gasteiger partial charge in [-0.15, -0.1) is 0 Å². The summed E-state index contributed by atoms with van der Waals surface area (Å²) in [5.41, 5.74) is -0.451. The summed E-state index contributed by atoms with van der Waals surface area (Å²) < 4.78 is 5.24. The van der Waals surface area contributed by atoms with Gasteiger partial charge < -0.3 is 25.1 Å². The largest absolute Gasteiger partial charge is 0.370 e. The maximum absolute atomic E-state index is 12.8. The molecule has 2 atom stereocenters. The van der Waals surface area contributed by atoms with Gasteiger partial charge >= 0.3 is 0 Å². The zero-order valence-electron chi connectivity index (χ0n) is 14.6. The normalized spacial score (nSPS) is 19.5. The first-order chi connectivity index (χ1) is 10.8. The molecule has 7 nitrogen and oxygen atoms in total. The van der Waals surface area contributed by atoms with Gasteiger partial charge in [0.1, 0.15) is 18.9 Å². The Balaban J connectivity index is 2.67. The van der Waals surface area contributed by atoms with Crippen LogP contribution < -0.4 is 10.6 Å². The highest BCUT2D eigenvalue weighted by Gasteiger charge is 2.39. The molecule has 23 heavy (non-hydrogen) atoms.